The summed E-state index contributed by atoms with van der Waals surface area (Å²) in [6.45, 7) is 1.95. The van der Waals surface area contributed by atoms with Crippen LogP contribution in [0.3, 0.4) is 0 Å². The van der Waals surface area contributed by atoms with Crippen molar-refractivity contribution >= 4 is 40.4 Å². The van der Waals surface area contributed by atoms with E-state index >= 15 is 0 Å². The number of nitrogens with one attached hydrogen (secondary N) is 2. The molecular formula is C21H21ClN4O. The molecule has 0 unspecified atom stereocenters. The topological polar surface area (TPSA) is 57.3 Å². The van der Waals surface area contributed by atoms with Gasteiger partial charge in [-0.1, -0.05) is 17.7 Å². The first-order valence-corrected chi connectivity index (χ1v) is 8.88. The van der Waals surface area contributed by atoms with Crippen molar-refractivity contribution in [3.05, 3.63) is 76.9 Å². The Morgan fingerprint density at radius 1 is 1.00 bits per heavy atom. The number of nitrogens with zero attached hydrogens (tertiary/aromatic N) is 2. The van der Waals surface area contributed by atoms with Gasteiger partial charge < -0.3 is 15.5 Å². The average molecular weight is 381 g/mol. The lowest BCUT2D eigenvalue weighted by molar-refractivity contribution is 0.102. The molecule has 27 heavy (non-hydrogen) atoms. The Balaban J connectivity index is 1.65. The smallest absolute Gasteiger partial charge is 0.257 e. The van der Waals surface area contributed by atoms with E-state index in [2.05, 4.69) is 15.6 Å². The lowest BCUT2D eigenvalue weighted by Crippen LogP contribution is -2.13. The molecule has 0 bridgehead atoms. The van der Waals surface area contributed by atoms with Gasteiger partial charge in [-0.3, -0.25) is 4.79 Å². The van der Waals surface area contributed by atoms with Crippen LogP contribution < -0.4 is 15.5 Å². The first kappa shape index (κ1) is 18.7. The van der Waals surface area contributed by atoms with E-state index in [0.29, 0.717) is 16.4 Å². The molecule has 3 rings (SSSR count). The molecule has 1 amide bonds. The van der Waals surface area contributed by atoms with Crippen molar-refractivity contribution in [2.24, 2.45) is 0 Å². The van der Waals surface area contributed by atoms with E-state index in [1.165, 1.54) is 0 Å². The molecule has 5 nitrogen and oxygen atoms in total. The Kier molecular flexibility index (Phi) is 5.62. The Morgan fingerprint density at radius 3 is 2.30 bits per heavy atom. The van der Waals surface area contributed by atoms with E-state index in [-0.39, 0.29) is 5.91 Å². The van der Waals surface area contributed by atoms with E-state index in [0.717, 1.165) is 22.6 Å². The van der Waals surface area contributed by atoms with Gasteiger partial charge in [0, 0.05) is 42.4 Å². The number of aromatic nitrogens is 1. The summed E-state index contributed by atoms with van der Waals surface area (Å²) in [5.74, 6) is 0.437. The molecule has 0 spiro atoms. The zero-order valence-electron chi connectivity index (χ0n) is 15.5. The number of hydrogen-bond donors (Lipinski definition) is 2. The molecule has 2 N–H and O–H groups in total. The molecule has 1 aromatic heterocycles. The van der Waals surface area contributed by atoms with Crippen molar-refractivity contribution in [1.82, 2.24) is 4.98 Å². The average Bonchev–Trinajstić information content (AvgIpc) is 2.66. The van der Waals surface area contributed by atoms with Crippen LogP contribution in [0.15, 0.2) is 60.8 Å². The molecule has 3 aromatic rings. The quantitative estimate of drug-likeness (QED) is 0.646. The van der Waals surface area contributed by atoms with Crippen LogP contribution in [0.2, 0.25) is 5.02 Å². The molecule has 1 heterocycles. The zero-order valence-corrected chi connectivity index (χ0v) is 16.2. The van der Waals surface area contributed by atoms with Crippen LogP contribution in [-0.2, 0) is 0 Å². The molecule has 0 saturated heterocycles. The SMILES string of the molecule is Cc1ccc(Nc2ccc(C(=O)Nc3ccc(N(C)C)cc3)cn2)cc1Cl. The monoisotopic (exact) mass is 380 g/mol. The molecular weight excluding hydrogens is 360 g/mol. The largest absolute Gasteiger partial charge is 0.378 e. The highest BCUT2D eigenvalue weighted by atomic mass is 35.5. The molecule has 138 valence electrons. The standard InChI is InChI=1S/C21H21ClN4O/c1-14-4-6-17(12-19(14)22)24-20-11-5-15(13-23-20)21(27)25-16-7-9-18(10-8-16)26(2)3/h4-13H,1-3H3,(H,23,24)(H,25,27). The van der Waals surface area contributed by atoms with Gasteiger partial charge in [0.25, 0.3) is 5.91 Å². The fourth-order valence-corrected chi connectivity index (χ4v) is 2.65. The third-order valence-electron chi connectivity index (χ3n) is 4.11. The maximum absolute atomic E-state index is 12.4. The molecule has 0 atom stereocenters. The van der Waals surface area contributed by atoms with Gasteiger partial charge >= 0.3 is 0 Å². The number of anilines is 4. The minimum Gasteiger partial charge on any atom is -0.378 e. The molecule has 0 radical (unpaired) electrons. The normalized spacial score (nSPS) is 10.4. The molecule has 0 aliphatic heterocycles. The first-order valence-electron chi connectivity index (χ1n) is 8.50. The van der Waals surface area contributed by atoms with Gasteiger partial charge in [-0.15, -0.1) is 0 Å². The Labute approximate surface area is 164 Å². The van der Waals surface area contributed by atoms with E-state index in [1.54, 1.807) is 18.3 Å². The second-order valence-corrected chi connectivity index (χ2v) is 6.82. The van der Waals surface area contributed by atoms with Gasteiger partial charge in [-0.25, -0.2) is 4.98 Å². The summed E-state index contributed by atoms with van der Waals surface area (Å²) in [5.41, 5.74) is 4.15. The summed E-state index contributed by atoms with van der Waals surface area (Å²) >= 11 is 6.13. The summed E-state index contributed by atoms with van der Waals surface area (Å²) < 4.78 is 0. The first-order chi connectivity index (χ1) is 12.9. The number of halogens is 1. The summed E-state index contributed by atoms with van der Waals surface area (Å²) in [6, 6.07) is 16.9. The lowest BCUT2D eigenvalue weighted by atomic mass is 10.2. The molecule has 6 heteroatoms. The van der Waals surface area contributed by atoms with Crippen molar-refractivity contribution < 1.29 is 4.79 Å². The van der Waals surface area contributed by atoms with Crippen LogP contribution in [0, 0.1) is 6.92 Å². The maximum Gasteiger partial charge on any atom is 0.257 e. The van der Waals surface area contributed by atoms with Crippen molar-refractivity contribution in [2.75, 3.05) is 29.6 Å². The third kappa shape index (κ3) is 4.77. The highest BCUT2D eigenvalue weighted by Gasteiger charge is 2.08. The van der Waals surface area contributed by atoms with Gasteiger partial charge in [0.15, 0.2) is 0 Å². The van der Waals surface area contributed by atoms with Crippen LogP contribution in [0.1, 0.15) is 15.9 Å². The second kappa shape index (κ2) is 8.10. The molecule has 0 aliphatic carbocycles. The molecule has 0 fully saturated rings. The van der Waals surface area contributed by atoms with Crippen LogP contribution in [-0.4, -0.2) is 25.0 Å². The van der Waals surface area contributed by atoms with E-state index in [4.69, 9.17) is 11.6 Å². The molecule has 0 aliphatic rings. The Hall–Kier alpha value is -3.05. The summed E-state index contributed by atoms with van der Waals surface area (Å²) in [7, 11) is 3.94. The van der Waals surface area contributed by atoms with E-state index in [1.807, 2.05) is 68.4 Å². The van der Waals surface area contributed by atoms with Crippen LogP contribution in [0.4, 0.5) is 22.9 Å². The number of hydrogen-bond acceptors (Lipinski definition) is 4. The zero-order chi connectivity index (χ0) is 19.4. The van der Waals surface area contributed by atoms with Gasteiger partial charge in [0.05, 0.1) is 5.56 Å². The molecule has 2 aromatic carbocycles. The summed E-state index contributed by atoms with van der Waals surface area (Å²) in [6.07, 6.45) is 1.54. The number of aryl methyl sites for hydroxylation is 1. The molecule has 0 saturated carbocycles. The predicted molar refractivity (Wildman–Crippen MR) is 112 cm³/mol. The number of pyridine rings is 1. The fourth-order valence-electron chi connectivity index (χ4n) is 2.47. The van der Waals surface area contributed by atoms with Crippen molar-refractivity contribution in [1.29, 1.82) is 0 Å². The minimum absolute atomic E-state index is 0.204. The van der Waals surface area contributed by atoms with Crippen LogP contribution in [0.5, 0.6) is 0 Å². The maximum atomic E-state index is 12.4. The van der Waals surface area contributed by atoms with Crippen molar-refractivity contribution in [3.8, 4) is 0 Å². The van der Waals surface area contributed by atoms with Gasteiger partial charge in [0.1, 0.15) is 5.82 Å². The van der Waals surface area contributed by atoms with Crippen LogP contribution in [0.25, 0.3) is 0 Å². The minimum atomic E-state index is -0.204. The van der Waals surface area contributed by atoms with Crippen molar-refractivity contribution in [2.45, 2.75) is 6.92 Å². The van der Waals surface area contributed by atoms with E-state index in [9.17, 15) is 4.79 Å². The number of amides is 1. The number of carbonyl (C=O) groups is 1. The fraction of sp³-hybridized carbons (Fsp3) is 0.143. The van der Waals surface area contributed by atoms with Gasteiger partial charge in [-0.2, -0.15) is 0 Å². The van der Waals surface area contributed by atoms with Gasteiger partial charge in [0.2, 0.25) is 0 Å². The summed E-state index contributed by atoms with van der Waals surface area (Å²) in [5, 5.41) is 6.74. The Morgan fingerprint density at radius 2 is 1.70 bits per heavy atom. The lowest BCUT2D eigenvalue weighted by Gasteiger charge is -2.13. The third-order valence-corrected chi connectivity index (χ3v) is 4.52. The summed E-state index contributed by atoms with van der Waals surface area (Å²) in [4.78, 5) is 18.7. The van der Waals surface area contributed by atoms with Crippen LogP contribution >= 0.6 is 11.6 Å². The van der Waals surface area contributed by atoms with Crippen molar-refractivity contribution in [3.63, 3.8) is 0 Å². The highest BCUT2D eigenvalue weighted by Crippen LogP contribution is 2.22. The van der Waals surface area contributed by atoms with Gasteiger partial charge in [-0.05, 0) is 61.0 Å². The number of carbonyl (C=O) groups excluding carboxylic acids is 1. The number of rotatable bonds is 5. The predicted octanol–water partition coefficient (Wildman–Crippen LogP) is 5.11. The Bertz CT molecular complexity index is 937. The number of benzene rings is 2. The highest BCUT2D eigenvalue weighted by molar-refractivity contribution is 6.31. The van der Waals surface area contributed by atoms with E-state index < -0.39 is 0 Å². The second-order valence-electron chi connectivity index (χ2n) is 6.42.